The number of aliphatic hydroxyl groups excluding tert-OH is 1. The second-order valence-corrected chi connectivity index (χ2v) is 10.1. The van der Waals surface area contributed by atoms with Crippen molar-refractivity contribution < 1.29 is 39.9 Å². The van der Waals surface area contributed by atoms with Crippen LogP contribution in [-0.4, -0.2) is 60.6 Å². The molecule has 0 aliphatic heterocycles. The summed E-state index contributed by atoms with van der Waals surface area (Å²) in [4.78, 5) is 36.2. The average Bonchev–Trinajstić information content (AvgIpc) is 2.91. The number of aliphatic carboxylic acids is 2. The number of carbonyl (C=O) groups is 3. The fraction of sp³-hybridized carbons (Fsp3) is 0.857. The third-order valence-electron chi connectivity index (χ3n) is 9.33. The molecule has 8 nitrogen and oxygen atoms in total. The Hall–Kier alpha value is -1.51. The molecule has 0 heterocycles. The molecular weight excluding hydrogens is 380 g/mol. The van der Waals surface area contributed by atoms with Crippen LogP contribution < -0.4 is 0 Å². The number of ketones is 1. The molecule has 8 heteroatoms. The van der Waals surface area contributed by atoms with Gasteiger partial charge in [0.05, 0.1) is 22.7 Å². The fourth-order valence-electron chi connectivity index (χ4n) is 7.87. The molecule has 0 spiro atoms. The number of carboxylic acid groups (broad SMARTS) is 2. The minimum atomic E-state index is -1.53. The van der Waals surface area contributed by atoms with Gasteiger partial charge in [-0.05, 0) is 63.2 Å². The molecule has 4 saturated carbocycles. The zero-order valence-electron chi connectivity index (χ0n) is 16.6. The van der Waals surface area contributed by atoms with Crippen molar-refractivity contribution in [3.8, 4) is 0 Å². The predicted octanol–water partition coefficient (Wildman–Crippen LogP) is 0.954. The van der Waals surface area contributed by atoms with Gasteiger partial charge >= 0.3 is 11.9 Å². The highest BCUT2D eigenvalue weighted by molar-refractivity contribution is 6.33. The first-order valence-electron chi connectivity index (χ1n) is 10.6. The van der Waals surface area contributed by atoms with Crippen LogP contribution in [0.5, 0.6) is 0 Å². The molecule has 0 aromatic carbocycles. The van der Waals surface area contributed by atoms with Crippen LogP contribution in [0.3, 0.4) is 0 Å². The van der Waals surface area contributed by atoms with Crippen molar-refractivity contribution in [2.45, 2.75) is 82.0 Å². The van der Waals surface area contributed by atoms with Gasteiger partial charge in [0.15, 0.2) is 0 Å². The molecule has 0 aromatic heterocycles. The number of hydrogen-bond acceptors (Lipinski definition) is 6. The Morgan fingerprint density at radius 2 is 1.52 bits per heavy atom. The SMILES string of the molecule is C[C@@]12CC[C@@H]3[C@H](CC[C@@]4(O)C[C@@H](O)CC[C@]34C(=O)O)[C@@]1(O)CC[C@H]2C(=O)C(=O)O. The van der Waals surface area contributed by atoms with Crippen LogP contribution >= 0.6 is 0 Å². The molecule has 162 valence electrons. The van der Waals surface area contributed by atoms with Gasteiger partial charge in [-0.2, -0.15) is 0 Å². The van der Waals surface area contributed by atoms with Crippen LogP contribution in [0.25, 0.3) is 0 Å². The molecule has 5 N–H and O–H groups in total. The maximum atomic E-state index is 12.6. The Balaban J connectivity index is 1.76. The van der Waals surface area contributed by atoms with Crippen LogP contribution in [0.1, 0.15) is 64.7 Å². The minimum absolute atomic E-state index is 0.0122. The normalized spacial score (nSPS) is 51.4. The van der Waals surface area contributed by atoms with Crippen molar-refractivity contribution in [2.24, 2.45) is 28.6 Å². The molecule has 4 aliphatic rings. The summed E-state index contributed by atoms with van der Waals surface area (Å²) in [5.74, 6) is -5.18. The van der Waals surface area contributed by atoms with Crippen molar-refractivity contribution in [1.82, 2.24) is 0 Å². The first-order chi connectivity index (χ1) is 13.4. The highest BCUT2D eigenvalue weighted by atomic mass is 16.4. The Morgan fingerprint density at radius 3 is 2.14 bits per heavy atom. The van der Waals surface area contributed by atoms with Gasteiger partial charge in [-0.3, -0.25) is 9.59 Å². The third kappa shape index (κ3) is 2.39. The number of carbonyl (C=O) groups excluding carboxylic acids is 1. The molecule has 0 radical (unpaired) electrons. The average molecular weight is 410 g/mol. The quantitative estimate of drug-likeness (QED) is 0.431. The van der Waals surface area contributed by atoms with E-state index < -0.39 is 63.6 Å². The molecule has 4 rings (SSSR count). The van der Waals surface area contributed by atoms with Crippen molar-refractivity contribution >= 4 is 17.7 Å². The van der Waals surface area contributed by atoms with Crippen LogP contribution in [0.15, 0.2) is 0 Å². The van der Waals surface area contributed by atoms with E-state index in [0.717, 1.165) is 0 Å². The molecule has 0 aromatic rings. The number of fused-ring (bicyclic) bond motifs is 5. The summed E-state index contributed by atoms with van der Waals surface area (Å²) in [6.07, 6.45) is 1.51. The van der Waals surface area contributed by atoms with Gasteiger partial charge in [0.25, 0.3) is 0 Å². The number of aliphatic hydroxyl groups is 3. The Labute approximate surface area is 168 Å². The summed E-state index contributed by atoms with van der Waals surface area (Å²) in [6.45, 7) is 1.76. The number of hydrogen-bond donors (Lipinski definition) is 5. The molecule has 4 fully saturated rings. The summed E-state index contributed by atoms with van der Waals surface area (Å²) in [5, 5.41) is 52.8. The van der Waals surface area contributed by atoms with Crippen molar-refractivity contribution in [3.05, 3.63) is 0 Å². The van der Waals surface area contributed by atoms with Crippen LogP contribution in [0, 0.1) is 28.6 Å². The zero-order valence-corrected chi connectivity index (χ0v) is 16.6. The van der Waals surface area contributed by atoms with Crippen LogP contribution in [0.2, 0.25) is 0 Å². The lowest BCUT2D eigenvalue weighted by atomic mass is 9.41. The lowest BCUT2D eigenvalue weighted by Crippen LogP contribution is -2.70. The fourth-order valence-corrected chi connectivity index (χ4v) is 7.87. The monoisotopic (exact) mass is 410 g/mol. The maximum Gasteiger partial charge on any atom is 0.372 e. The standard InChI is InChI=1S/C21H30O8/c1-18-6-3-12-13(21(18,29)9-5-14(18)15(23)16(24)25)4-7-19(28)10-11(22)2-8-20(12,19)17(26)27/h11-14,22,28-29H,2-10H2,1H3,(H,24,25)(H,26,27)/t11-,12+,13-,14-,18-,19+,20+,21-/m0/s1. The smallest absolute Gasteiger partial charge is 0.372 e. The van der Waals surface area contributed by atoms with E-state index in [1.807, 2.05) is 0 Å². The van der Waals surface area contributed by atoms with Crippen LogP contribution in [0.4, 0.5) is 0 Å². The van der Waals surface area contributed by atoms with Gasteiger partial charge in [0.2, 0.25) is 5.78 Å². The van der Waals surface area contributed by atoms with E-state index in [2.05, 4.69) is 0 Å². The third-order valence-corrected chi connectivity index (χ3v) is 9.33. The number of Topliss-reactive ketones (excluding diaryl/α,β-unsaturated/α-hetero) is 1. The zero-order chi connectivity index (χ0) is 21.4. The largest absolute Gasteiger partial charge is 0.481 e. The molecule has 8 atom stereocenters. The van der Waals surface area contributed by atoms with E-state index in [-0.39, 0.29) is 38.5 Å². The summed E-state index contributed by atoms with van der Waals surface area (Å²) < 4.78 is 0. The van der Waals surface area contributed by atoms with Gasteiger partial charge < -0.3 is 25.5 Å². The van der Waals surface area contributed by atoms with Gasteiger partial charge in [0.1, 0.15) is 0 Å². The van der Waals surface area contributed by atoms with Crippen molar-refractivity contribution in [2.75, 3.05) is 0 Å². The first-order valence-corrected chi connectivity index (χ1v) is 10.6. The summed E-state index contributed by atoms with van der Waals surface area (Å²) >= 11 is 0. The van der Waals surface area contributed by atoms with E-state index in [1.165, 1.54) is 0 Å². The molecule has 29 heavy (non-hydrogen) atoms. The second-order valence-electron chi connectivity index (χ2n) is 10.1. The lowest BCUT2D eigenvalue weighted by molar-refractivity contribution is -0.260. The Morgan fingerprint density at radius 1 is 0.862 bits per heavy atom. The Kier molecular flexibility index (Phi) is 4.47. The highest BCUT2D eigenvalue weighted by Crippen LogP contribution is 2.70. The number of carboxylic acids is 2. The first kappa shape index (κ1) is 20.8. The van der Waals surface area contributed by atoms with E-state index in [9.17, 15) is 39.9 Å². The van der Waals surface area contributed by atoms with E-state index in [4.69, 9.17) is 0 Å². The van der Waals surface area contributed by atoms with Gasteiger partial charge in [-0.15, -0.1) is 0 Å². The molecule has 0 bridgehead atoms. The summed E-state index contributed by atoms with van der Waals surface area (Å²) in [5.41, 5.74) is -5.24. The van der Waals surface area contributed by atoms with Gasteiger partial charge in [-0.25, -0.2) is 4.79 Å². The molecule has 0 amide bonds. The molecule has 4 aliphatic carbocycles. The molecule has 0 unspecified atom stereocenters. The topological polar surface area (TPSA) is 152 Å². The van der Waals surface area contributed by atoms with Gasteiger partial charge in [0, 0.05) is 17.8 Å². The molecular formula is C21H30O8. The Bertz CT molecular complexity index is 766. The lowest BCUT2D eigenvalue weighted by Gasteiger charge is -2.64. The van der Waals surface area contributed by atoms with Crippen molar-refractivity contribution in [1.29, 1.82) is 0 Å². The highest BCUT2D eigenvalue weighted by Gasteiger charge is 2.74. The predicted molar refractivity (Wildman–Crippen MR) is 98.7 cm³/mol. The minimum Gasteiger partial charge on any atom is -0.481 e. The van der Waals surface area contributed by atoms with Crippen LogP contribution in [-0.2, 0) is 14.4 Å². The second kappa shape index (κ2) is 6.25. The number of rotatable bonds is 3. The van der Waals surface area contributed by atoms with E-state index >= 15 is 0 Å². The summed E-state index contributed by atoms with van der Waals surface area (Å²) in [7, 11) is 0. The van der Waals surface area contributed by atoms with E-state index in [0.29, 0.717) is 19.3 Å². The van der Waals surface area contributed by atoms with Crippen molar-refractivity contribution in [3.63, 3.8) is 0 Å². The van der Waals surface area contributed by atoms with Gasteiger partial charge in [-0.1, -0.05) is 6.92 Å². The summed E-state index contributed by atoms with van der Waals surface area (Å²) in [6, 6.07) is 0. The molecule has 0 saturated heterocycles. The van der Waals surface area contributed by atoms with E-state index in [1.54, 1.807) is 6.92 Å². The maximum absolute atomic E-state index is 12.6.